The number of hydrogen-bond acceptors (Lipinski definition) is 3. The van der Waals surface area contributed by atoms with E-state index in [1.54, 1.807) is 4.90 Å². The summed E-state index contributed by atoms with van der Waals surface area (Å²) >= 11 is 0. The number of nitrogens with one attached hydrogen (secondary N) is 1. The minimum Gasteiger partial charge on any atom is -0.311 e. The first-order valence-electron chi connectivity index (χ1n) is 6.54. The van der Waals surface area contributed by atoms with Gasteiger partial charge in [-0.05, 0) is 17.5 Å². The quantitative estimate of drug-likeness (QED) is 0.869. The van der Waals surface area contributed by atoms with Crippen LogP contribution in [0.3, 0.4) is 0 Å². The van der Waals surface area contributed by atoms with Gasteiger partial charge in [0.1, 0.15) is 0 Å². The first kappa shape index (κ1) is 16.7. The number of benzene rings is 1. The first-order valence-corrected chi connectivity index (χ1v) is 8.43. The molecule has 5 nitrogen and oxygen atoms in total. The number of carbonyl (C=O) groups excluding carboxylic acids is 1. The predicted molar refractivity (Wildman–Crippen MR) is 81.4 cm³/mol. The van der Waals surface area contributed by atoms with Gasteiger partial charge in [-0.25, -0.2) is 13.1 Å². The van der Waals surface area contributed by atoms with Crippen LogP contribution < -0.4 is 9.62 Å². The van der Waals surface area contributed by atoms with Gasteiger partial charge in [0.15, 0.2) is 0 Å². The summed E-state index contributed by atoms with van der Waals surface area (Å²) in [5.74, 6) is 0.185. The van der Waals surface area contributed by atoms with E-state index in [-0.39, 0.29) is 18.4 Å². The topological polar surface area (TPSA) is 66.5 Å². The molecule has 0 aliphatic heterocycles. The lowest BCUT2D eigenvalue weighted by Gasteiger charge is -2.25. The molecule has 112 valence electrons. The van der Waals surface area contributed by atoms with Crippen LogP contribution >= 0.6 is 0 Å². The van der Waals surface area contributed by atoms with Crippen LogP contribution in [0.15, 0.2) is 24.3 Å². The number of carbonyl (C=O) groups is 1. The molecular formula is C14H22N2O3S. The van der Waals surface area contributed by atoms with E-state index in [0.717, 1.165) is 17.5 Å². The maximum Gasteiger partial charge on any atom is 0.223 e. The van der Waals surface area contributed by atoms with Gasteiger partial charge in [0.05, 0.1) is 6.26 Å². The van der Waals surface area contributed by atoms with Crippen molar-refractivity contribution in [2.75, 3.05) is 24.2 Å². The van der Waals surface area contributed by atoms with E-state index < -0.39 is 10.0 Å². The third-order valence-corrected chi connectivity index (χ3v) is 3.66. The average molecular weight is 298 g/mol. The van der Waals surface area contributed by atoms with Crippen molar-refractivity contribution in [2.24, 2.45) is 0 Å². The van der Waals surface area contributed by atoms with Gasteiger partial charge in [0.25, 0.3) is 0 Å². The zero-order chi connectivity index (χ0) is 15.3. The summed E-state index contributed by atoms with van der Waals surface area (Å²) in [5.41, 5.74) is 1.91. The van der Waals surface area contributed by atoms with Crippen LogP contribution in [0.4, 0.5) is 5.69 Å². The lowest BCUT2D eigenvalue weighted by Crippen LogP contribution is -2.37. The molecule has 1 aromatic rings. The molecule has 1 amide bonds. The van der Waals surface area contributed by atoms with Crippen molar-refractivity contribution in [3.63, 3.8) is 0 Å². The van der Waals surface area contributed by atoms with Crippen molar-refractivity contribution in [3.8, 4) is 0 Å². The van der Waals surface area contributed by atoms with Crippen LogP contribution in [0, 0.1) is 0 Å². The molecule has 1 aromatic carbocycles. The number of hydrogen-bond donors (Lipinski definition) is 1. The minimum absolute atomic E-state index is 0.103. The average Bonchev–Trinajstić information content (AvgIpc) is 2.33. The summed E-state index contributed by atoms with van der Waals surface area (Å²) in [5, 5.41) is 0. The van der Waals surface area contributed by atoms with Crippen LogP contribution in [0.25, 0.3) is 0 Å². The molecule has 0 heterocycles. The van der Waals surface area contributed by atoms with Crippen molar-refractivity contribution < 1.29 is 13.2 Å². The lowest BCUT2D eigenvalue weighted by molar-refractivity contribution is -0.116. The molecule has 0 aliphatic carbocycles. The van der Waals surface area contributed by atoms with E-state index in [1.807, 2.05) is 24.3 Å². The Morgan fingerprint density at radius 3 is 2.40 bits per heavy atom. The van der Waals surface area contributed by atoms with E-state index in [1.165, 1.54) is 6.92 Å². The third kappa shape index (κ3) is 4.94. The Bertz CT molecular complexity index is 568. The Morgan fingerprint density at radius 2 is 1.90 bits per heavy atom. The Morgan fingerprint density at radius 1 is 1.30 bits per heavy atom. The molecule has 20 heavy (non-hydrogen) atoms. The minimum atomic E-state index is -3.24. The Labute approximate surface area is 121 Å². The fourth-order valence-electron chi connectivity index (χ4n) is 2.01. The van der Waals surface area contributed by atoms with Gasteiger partial charge in [0.2, 0.25) is 15.9 Å². The highest BCUT2D eigenvalue weighted by Crippen LogP contribution is 2.27. The largest absolute Gasteiger partial charge is 0.311 e. The van der Waals surface area contributed by atoms with E-state index in [4.69, 9.17) is 0 Å². The zero-order valence-corrected chi connectivity index (χ0v) is 13.2. The summed E-state index contributed by atoms with van der Waals surface area (Å²) in [6, 6.07) is 7.68. The molecule has 1 rings (SSSR count). The van der Waals surface area contributed by atoms with Crippen molar-refractivity contribution in [1.29, 1.82) is 0 Å². The second-order valence-electron chi connectivity index (χ2n) is 5.05. The molecular weight excluding hydrogens is 276 g/mol. The van der Waals surface area contributed by atoms with Crippen LogP contribution in [0.2, 0.25) is 0 Å². The number of para-hydroxylation sites is 1. The summed E-state index contributed by atoms with van der Waals surface area (Å²) in [6.45, 7) is 6.12. The Balaban J connectivity index is 2.95. The Kier molecular flexibility index (Phi) is 5.71. The van der Waals surface area contributed by atoms with E-state index in [2.05, 4.69) is 18.6 Å². The molecule has 0 saturated heterocycles. The van der Waals surface area contributed by atoms with Gasteiger partial charge >= 0.3 is 0 Å². The van der Waals surface area contributed by atoms with E-state index >= 15 is 0 Å². The highest BCUT2D eigenvalue weighted by molar-refractivity contribution is 7.88. The van der Waals surface area contributed by atoms with Gasteiger partial charge in [-0.1, -0.05) is 32.0 Å². The van der Waals surface area contributed by atoms with Crippen LogP contribution in [-0.4, -0.2) is 33.7 Å². The predicted octanol–water partition coefficient (Wildman–Crippen LogP) is 1.71. The van der Waals surface area contributed by atoms with E-state index in [0.29, 0.717) is 6.54 Å². The van der Waals surface area contributed by atoms with Gasteiger partial charge in [-0.15, -0.1) is 0 Å². The smallest absolute Gasteiger partial charge is 0.223 e. The number of amides is 1. The maximum atomic E-state index is 11.8. The van der Waals surface area contributed by atoms with Crippen LogP contribution in [0.1, 0.15) is 32.3 Å². The van der Waals surface area contributed by atoms with Crippen molar-refractivity contribution in [1.82, 2.24) is 4.72 Å². The van der Waals surface area contributed by atoms with Gasteiger partial charge in [-0.3, -0.25) is 4.79 Å². The summed E-state index contributed by atoms with van der Waals surface area (Å²) in [4.78, 5) is 13.4. The van der Waals surface area contributed by atoms with Crippen LogP contribution in [-0.2, 0) is 14.8 Å². The summed E-state index contributed by atoms with van der Waals surface area (Å²) < 4.78 is 24.6. The zero-order valence-electron chi connectivity index (χ0n) is 12.4. The van der Waals surface area contributed by atoms with Crippen molar-refractivity contribution in [2.45, 2.75) is 26.7 Å². The van der Waals surface area contributed by atoms with Gasteiger partial charge in [-0.2, -0.15) is 0 Å². The second-order valence-corrected chi connectivity index (χ2v) is 6.88. The molecule has 0 radical (unpaired) electrons. The molecule has 0 saturated carbocycles. The highest BCUT2D eigenvalue weighted by Gasteiger charge is 2.16. The number of sulfonamides is 1. The number of nitrogens with zero attached hydrogens (tertiary/aromatic N) is 1. The number of rotatable bonds is 6. The van der Waals surface area contributed by atoms with Gasteiger partial charge < -0.3 is 4.90 Å². The normalized spacial score (nSPS) is 11.7. The molecule has 0 bridgehead atoms. The Hall–Kier alpha value is -1.40. The monoisotopic (exact) mass is 298 g/mol. The highest BCUT2D eigenvalue weighted by atomic mass is 32.2. The van der Waals surface area contributed by atoms with Crippen molar-refractivity contribution >= 4 is 21.6 Å². The molecule has 0 unspecified atom stereocenters. The SMILES string of the molecule is CC(=O)N(CCNS(C)(=O)=O)c1ccccc1C(C)C. The third-order valence-electron chi connectivity index (χ3n) is 2.93. The lowest BCUT2D eigenvalue weighted by atomic mass is 10.0. The summed E-state index contributed by atoms with van der Waals surface area (Å²) in [6.07, 6.45) is 1.10. The van der Waals surface area contributed by atoms with Crippen LogP contribution in [0.5, 0.6) is 0 Å². The second kappa shape index (κ2) is 6.85. The molecule has 0 fully saturated rings. The first-order chi connectivity index (χ1) is 9.22. The van der Waals surface area contributed by atoms with Gasteiger partial charge in [0, 0.05) is 25.7 Å². The molecule has 0 spiro atoms. The fraction of sp³-hybridized carbons (Fsp3) is 0.500. The number of anilines is 1. The standard InChI is InChI=1S/C14H22N2O3S/c1-11(2)13-7-5-6-8-14(13)16(12(3)17)10-9-15-20(4,18)19/h5-8,11,15H,9-10H2,1-4H3. The molecule has 6 heteroatoms. The van der Waals surface area contributed by atoms with Crippen molar-refractivity contribution in [3.05, 3.63) is 29.8 Å². The molecule has 0 atom stereocenters. The summed E-state index contributed by atoms with van der Waals surface area (Å²) in [7, 11) is -3.24. The van der Waals surface area contributed by atoms with E-state index in [9.17, 15) is 13.2 Å². The molecule has 0 aromatic heterocycles. The fourth-order valence-corrected chi connectivity index (χ4v) is 2.47. The maximum absolute atomic E-state index is 11.8. The molecule has 0 aliphatic rings. The molecule has 1 N–H and O–H groups in total.